The predicted octanol–water partition coefficient (Wildman–Crippen LogP) is 0.881. The lowest BCUT2D eigenvalue weighted by Crippen LogP contribution is -2.51. The molecule has 104 valence electrons. The van der Waals surface area contributed by atoms with E-state index in [1.165, 1.54) is 12.8 Å². The van der Waals surface area contributed by atoms with Gasteiger partial charge in [0, 0.05) is 38.8 Å². The fourth-order valence-corrected chi connectivity index (χ4v) is 2.39. The van der Waals surface area contributed by atoms with Gasteiger partial charge in [-0.2, -0.15) is 13.2 Å². The first-order chi connectivity index (χ1) is 8.38. The first-order valence-electron chi connectivity index (χ1n) is 6.25. The second-order valence-corrected chi connectivity index (χ2v) is 5.12. The number of hydrogen-bond donors (Lipinski definition) is 2. The summed E-state index contributed by atoms with van der Waals surface area (Å²) in [5.74, 6) is -2.61. The van der Waals surface area contributed by atoms with E-state index in [9.17, 15) is 13.2 Å². The van der Waals surface area contributed by atoms with Crippen LogP contribution in [-0.2, 0) is 0 Å². The summed E-state index contributed by atoms with van der Waals surface area (Å²) in [6, 6.07) is 0.665. The fraction of sp³-hybridized carbons (Fsp3) is 0.909. The van der Waals surface area contributed by atoms with Gasteiger partial charge in [0.2, 0.25) is 0 Å². The number of halogens is 3. The normalized spacial score (nSPS) is 25.1. The van der Waals surface area contributed by atoms with E-state index in [0.717, 1.165) is 13.1 Å². The summed E-state index contributed by atoms with van der Waals surface area (Å²) in [7, 11) is 0. The molecule has 1 saturated heterocycles. The molecule has 1 saturated carbocycles. The SMILES string of the molecule is N=C(N)C(CN1CCN(C2CC2)CC1)C(F)(F)F. The average molecular weight is 264 g/mol. The van der Waals surface area contributed by atoms with Gasteiger partial charge < -0.3 is 5.73 Å². The van der Waals surface area contributed by atoms with Crippen molar-refractivity contribution in [3.63, 3.8) is 0 Å². The minimum absolute atomic E-state index is 0.183. The van der Waals surface area contributed by atoms with Gasteiger partial charge in [-0.15, -0.1) is 0 Å². The smallest absolute Gasteiger partial charge is 0.387 e. The highest BCUT2D eigenvalue weighted by molar-refractivity contribution is 5.80. The first kappa shape index (κ1) is 13.6. The molecule has 0 aromatic heterocycles. The van der Waals surface area contributed by atoms with Gasteiger partial charge in [-0.1, -0.05) is 0 Å². The summed E-state index contributed by atoms with van der Waals surface area (Å²) in [4.78, 5) is 4.10. The van der Waals surface area contributed by atoms with Crippen molar-refractivity contribution in [1.29, 1.82) is 5.41 Å². The third-order valence-electron chi connectivity index (χ3n) is 3.68. The molecule has 3 N–H and O–H groups in total. The summed E-state index contributed by atoms with van der Waals surface area (Å²) in [6.45, 7) is 2.74. The summed E-state index contributed by atoms with van der Waals surface area (Å²) >= 11 is 0. The molecule has 7 heteroatoms. The molecule has 1 aliphatic carbocycles. The highest BCUT2D eigenvalue weighted by atomic mass is 19.4. The van der Waals surface area contributed by atoms with E-state index >= 15 is 0 Å². The Labute approximate surface area is 104 Å². The van der Waals surface area contributed by atoms with Crippen LogP contribution < -0.4 is 5.73 Å². The Morgan fingerprint density at radius 2 is 1.78 bits per heavy atom. The van der Waals surface area contributed by atoms with E-state index in [-0.39, 0.29) is 6.54 Å². The van der Waals surface area contributed by atoms with Crippen molar-refractivity contribution >= 4 is 5.84 Å². The second-order valence-electron chi connectivity index (χ2n) is 5.12. The number of rotatable bonds is 4. The molecular weight excluding hydrogens is 245 g/mol. The van der Waals surface area contributed by atoms with Crippen molar-refractivity contribution in [3.8, 4) is 0 Å². The van der Waals surface area contributed by atoms with Gasteiger partial charge >= 0.3 is 6.18 Å². The molecule has 0 bridgehead atoms. The third kappa shape index (κ3) is 3.35. The maximum absolute atomic E-state index is 12.7. The topological polar surface area (TPSA) is 56.4 Å². The molecule has 0 aromatic rings. The van der Waals surface area contributed by atoms with Crippen LogP contribution in [0.15, 0.2) is 0 Å². The Morgan fingerprint density at radius 3 is 2.17 bits per heavy atom. The molecule has 2 rings (SSSR count). The monoisotopic (exact) mass is 264 g/mol. The van der Waals surface area contributed by atoms with Crippen molar-refractivity contribution in [1.82, 2.24) is 9.80 Å². The molecule has 1 heterocycles. The first-order valence-corrected chi connectivity index (χ1v) is 6.25. The number of piperazine rings is 1. The molecule has 0 amide bonds. The summed E-state index contributed by atoms with van der Waals surface area (Å²) in [5, 5.41) is 7.06. The molecule has 2 fully saturated rings. The van der Waals surface area contributed by atoms with E-state index in [0.29, 0.717) is 19.1 Å². The van der Waals surface area contributed by atoms with Crippen LogP contribution in [0.3, 0.4) is 0 Å². The Kier molecular flexibility index (Phi) is 3.82. The van der Waals surface area contributed by atoms with Gasteiger partial charge in [0.15, 0.2) is 0 Å². The molecule has 4 nitrogen and oxygen atoms in total. The Morgan fingerprint density at radius 1 is 1.22 bits per heavy atom. The van der Waals surface area contributed by atoms with Crippen molar-refractivity contribution in [2.75, 3.05) is 32.7 Å². The fourth-order valence-electron chi connectivity index (χ4n) is 2.39. The van der Waals surface area contributed by atoms with E-state index in [2.05, 4.69) is 4.90 Å². The summed E-state index contributed by atoms with van der Waals surface area (Å²) in [5.41, 5.74) is 5.05. The van der Waals surface area contributed by atoms with Gasteiger partial charge in [0.25, 0.3) is 0 Å². The number of amidine groups is 1. The van der Waals surface area contributed by atoms with Crippen LogP contribution in [0.2, 0.25) is 0 Å². The van der Waals surface area contributed by atoms with Crippen LogP contribution in [0.1, 0.15) is 12.8 Å². The molecule has 1 atom stereocenters. The van der Waals surface area contributed by atoms with Crippen LogP contribution in [-0.4, -0.2) is 60.6 Å². The predicted molar refractivity (Wildman–Crippen MR) is 62.5 cm³/mol. The van der Waals surface area contributed by atoms with Crippen LogP contribution in [0.25, 0.3) is 0 Å². The van der Waals surface area contributed by atoms with Crippen LogP contribution in [0.4, 0.5) is 13.2 Å². The third-order valence-corrected chi connectivity index (χ3v) is 3.68. The maximum atomic E-state index is 12.7. The standard InChI is InChI=1S/C11H19F3N4/c12-11(13,14)9(10(15)16)7-17-3-5-18(6-4-17)8-1-2-8/h8-9H,1-7H2,(H3,15,16). The lowest BCUT2D eigenvalue weighted by Gasteiger charge is -2.36. The number of hydrogen-bond acceptors (Lipinski definition) is 3. The van der Waals surface area contributed by atoms with Crippen molar-refractivity contribution in [2.45, 2.75) is 25.1 Å². The highest BCUT2D eigenvalue weighted by Gasteiger charge is 2.43. The van der Waals surface area contributed by atoms with E-state index in [4.69, 9.17) is 11.1 Å². The minimum Gasteiger partial charge on any atom is -0.387 e. The second kappa shape index (κ2) is 5.05. The molecule has 0 radical (unpaired) electrons. The zero-order valence-electron chi connectivity index (χ0n) is 10.2. The Balaban J connectivity index is 1.83. The van der Waals surface area contributed by atoms with E-state index in [1.54, 1.807) is 4.90 Å². The molecule has 0 spiro atoms. The quantitative estimate of drug-likeness (QED) is 0.585. The summed E-state index contributed by atoms with van der Waals surface area (Å²) < 4.78 is 38.0. The zero-order valence-corrected chi connectivity index (χ0v) is 10.2. The largest absolute Gasteiger partial charge is 0.399 e. The van der Waals surface area contributed by atoms with Crippen LogP contribution in [0.5, 0.6) is 0 Å². The molecule has 1 aliphatic heterocycles. The Hall–Kier alpha value is -0.820. The number of nitrogens with zero attached hydrogens (tertiary/aromatic N) is 2. The van der Waals surface area contributed by atoms with Gasteiger partial charge in [-0.05, 0) is 12.8 Å². The van der Waals surface area contributed by atoms with Crippen LogP contribution in [0, 0.1) is 11.3 Å². The zero-order chi connectivity index (χ0) is 13.3. The van der Waals surface area contributed by atoms with Crippen molar-refractivity contribution < 1.29 is 13.2 Å². The average Bonchev–Trinajstić information content (AvgIpc) is 3.08. The molecule has 0 aromatic carbocycles. The van der Waals surface area contributed by atoms with Crippen LogP contribution >= 0.6 is 0 Å². The van der Waals surface area contributed by atoms with Gasteiger partial charge in [0.1, 0.15) is 11.8 Å². The number of nitrogens with one attached hydrogen (secondary N) is 1. The van der Waals surface area contributed by atoms with E-state index < -0.39 is 17.9 Å². The number of alkyl halides is 3. The minimum atomic E-state index is -4.42. The molecule has 18 heavy (non-hydrogen) atoms. The highest BCUT2D eigenvalue weighted by Crippen LogP contribution is 2.29. The lowest BCUT2D eigenvalue weighted by molar-refractivity contribution is -0.160. The molecular formula is C11H19F3N4. The van der Waals surface area contributed by atoms with Gasteiger partial charge in [0.05, 0.1) is 0 Å². The van der Waals surface area contributed by atoms with E-state index in [1.807, 2.05) is 0 Å². The molecule has 1 unspecified atom stereocenters. The molecule has 2 aliphatic rings. The Bertz CT molecular complexity index is 306. The van der Waals surface area contributed by atoms with Gasteiger partial charge in [-0.3, -0.25) is 15.2 Å². The lowest BCUT2D eigenvalue weighted by atomic mass is 10.1. The van der Waals surface area contributed by atoms with Crippen molar-refractivity contribution in [3.05, 3.63) is 0 Å². The van der Waals surface area contributed by atoms with Crippen molar-refractivity contribution in [2.24, 2.45) is 11.7 Å². The van der Waals surface area contributed by atoms with Gasteiger partial charge in [-0.25, -0.2) is 0 Å². The number of nitrogens with two attached hydrogens (primary N) is 1. The summed E-state index contributed by atoms with van der Waals surface area (Å²) in [6.07, 6.45) is -1.98. The maximum Gasteiger partial charge on any atom is 0.399 e.